The Hall–Kier alpha value is -0.570. The molecule has 2 saturated carbocycles. The second-order valence-electron chi connectivity index (χ2n) is 4.29. The van der Waals surface area contributed by atoms with Crippen LogP contribution in [0.4, 0.5) is 0 Å². The van der Waals surface area contributed by atoms with Gasteiger partial charge in [-0.2, -0.15) is 0 Å². The molecule has 13 heavy (non-hydrogen) atoms. The van der Waals surface area contributed by atoms with Crippen molar-refractivity contribution >= 4 is 5.84 Å². The number of aliphatic imine (C=N–C) groups is 1. The highest BCUT2D eigenvalue weighted by Gasteiger charge is 2.41. The second kappa shape index (κ2) is 3.66. The predicted octanol–water partition coefficient (Wildman–Crippen LogP) is 1.30. The molecular formula is C10H19N3. The summed E-state index contributed by atoms with van der Waals surface area (Å²) in [7, 11) is 0. The molecule has 3 atom stereocenters. The number of fused-ring (bicyclic) bond motifs is 2. The van der Waals surface area contributed by atoms with Crippen molar-refractivity contribution in [3.63, 3.8) is 0 Å². The van der Waals surface area contributed by atoms with Gasteiger partial charge in [0.05, 0.1) is 0 Å². The van der Waals surface area contributed by atoms with Crippen LogP contribution in [0.15, 0.2) is 4.99 Å². The molecule has 3 nitrogen and oxygen atoms in total. The number of nitrogens with zero attached hydrogens (tertiary/aromatic N) is 1. The lowest BCUT2D eigenvalue weighted by Gasteiger charge is -2.22. The minimum Gasteiger partial charge on any atom is -0.312 e. The molecule has 0 heterocycles. The highest BCUT2D eigenvalue weighted by atomic mass is 15.3. The number of nitrogens with one attached hydrogen (secondary N) is 1. The van der Waals surface area contributed by atoms with Gasteiger partial charge in [0, 0.05) is 12.5 Å². The number of hydrogen-bond acceptors (Lipinski definition) is 2. The average Bonchev–Trinajstić information content (AvgIpc) is 2.74. The lowest BCUT2D eigenvalue weighted by molar-refractivity contribution is 0.407. The highest BCUT2D eigenvalue weighted by Crippen LogP contribution is 2.48. The van der Waals surface area contributed by atoms with Crippen molar-refractivity contribution < 1.29 is 0 Å². The van der Waals surface area contributed by atoms with Gasteiger partial charge in [0.15, 0.2) is 0 Å². The number of amidine groups is 1. The Labute approximate surface area is 79.8 Å². The minimum atomic E-state index is 0.642. The average molecular weight is 181 g/mol. The van der Waals surface area contributed by atoms with E-state index in [1.54, 1.807) is 0 Å². The molecule has 0 radical (unpaired) electrons. The fourth-order valence-electron chi connectivity index (χ4n) is 3.02. The van der Waals surface area contributed by atoms with Crippen LogP contribution in [0.3, 0.4) is 0 Å². The quantitative estimate of drug-likeness (QED) is 0.292. The van der Waals surface area contributed by atoms with Crippen LogP contribution in [0.1, 0.15) is 32.6 Å². The van der Waals surface area contributed by atoms with Crippen LogP contribution in [-0.4, -0.2) is 12.4 Å². The van der Waals surface area contributed by atoms with Crippen molar-refractivity contribution in [3.05, 3.63) is 0 Å². The van der Waals surface area contributed by atoms with E-state index in [0.29, 0.717) is 5.92 Å². The zero-order valence-electron chi connectivity index (χ0n) is 8.29. The first-order valence-electron chi connectivity index (χ1n) is 5.36. The molecular weight excluding hydrogens is 162 g/mol. The molecule has 2 aliphatic carbocycles. The van der Waals surface area contributed by atoms with E-state index in [9.17, 15) is 0 Å². The lowest BCUT2D eigenvalue weighted by Crippen LogP contribution is -2.38. The maximum absolute atomic E-state index is 5.49. The fourth-order valence-corrected chi connectivity index (χ4v) is 3.02. The van der Waals surface area contributed by atoms with Gasteiger partial charge in [0.2, 0.25) is 0 Å². The first kappa shape index (κ1) is 9.00. The normalized spacial score (nSPS) is 38.3. The van der Waals surface area contributed by atoms with Crippen LogP contribution in [0.5, 0.6) is 0 Å². The van der Waals surface area contributed by atoms with Gasteiger partial charge in [-0.25, -0.2) is 5.84 Å². The molecule has 3 unspecified atom stereocenters. The second-order valence-corrected chi connectivity index (χ2v) is 4.29. The van der Waals surface area contributed by atoms with Crippen LogP contribution in [0.25, 0.3) is 0 Å². The van der Waals surface area contributed by atoms with Gasteiger partial charge in [0.25, 0.3) is 0 Å². The maximum Gasteiger partial charge on any atom is 0.114 e. The van der Waals surface area contributed by atoms with Crippen LogP contribution < -0.4 is 11.3 Å². The van der Waals surface area contributed by atoms with Crippen molar-refractivity contribution in [2.24, 2.45) is 28.6 Å². The number of nitrogens with two attached hydrogens (primary N) is 1. The minimum absolute atomic E-state index is 0.642. The Morgan fingerprint density at radius 2 is 2.31 bits per heavy atom. The predicted molar refractivity (Wildman–Crippen MR) is 54.2 cm³/mol. The summed E-state index contributed by atoms with van der Waals surface area (Å²) in [4.78, 5) is 4.42. The van der Waals surface area contributed by atoms with Gasteiger partial charge in [-0.05, 0) is 38.0 Å². The first-order valence-corrected chi connectivity index (χ1v) is 5.36. The smallest absolute Gasteiger partial charge is 0.114 e. The third-order valence-corrected chi connectivity index (χ3v) is 3.57. The Bertz CT molecular complexity index is 212. The SMILES string of the molecule is CCN=C(NN)C1CC2CCC1C2. The molecule has 2 rings (SSSR count). The first-order chi connectivity index (χ1) is 6.35. The summed E-state index contributed by atoms with van der Waals surface area (Å²) in [5, 5.41) is 0. The third kappa shape index (κ3) is 1.57. The van der Waals surface area contributed by atoms with Crippen LogP contribution in [0.2, 0.25) is 0 Å². The largest absolute Gasteiger partial charge is 0.312 e. The lowest BCUT2D eigenvalue weighted by atomic mass is 9.88. The van der Waals surface area contributed by atoms with Crippen molar-refractivity contribution in [1.29, 1.82) is 0 Å². The van der Waals surface area contributed by atoms with E-state index in [1.807, 2.05) is 0 Å². The summed E-state index contributed by atoms with van der Waals surface area (Å²) < 4.78 is 0. The Morgan fingerprint density at radius 1 is 1.46 bits per heavy atom. The van der Waals surface area contributed by atoms with Gasteiger partial charge >= 0.3 is 0 Å². The van der Waals surface area contributed by atoms with Crippen molar-refractivity contribution in [3.8, 4) is 0 Å². The van der Waals surface area contributed by atoms with Crippen molar-refractivity contribution in [1.82, 2.24) is 5.43 Å². The Balaban J connectivity index is 2.04. The van der Waals surface area contributed by atoms with E-state index in [4.69, 9.17) is 5.84 Å². The summed E-state index contributed by atoms with van der Waals surface area (Å²) in [5.41, 5.74) is 2.78. The van der Waals surface area contributed by atoms with Gasteiger partial charge in [-0.15, -0.1) is 0 Å². The zero-order valence-corrected chi connectivity index (χ0v) is 8.29. The van der Waals surface area contributed by atoms with Crippen molar-refractivity contribution in [2.45, 2.75) is 32.6 Å². The third-order valence-electron chi connectivity index (χ3n) is 3.57. The Morgan fingerprint density at radius 3 is 2.77 bits per heavy atom. The van der Waals surface area contributed by atoms with E-state index in [1.165, 1.54) is 25.7 Å². The van der Waals surface area contributed by atoms with Gasteiger partial charge < -0.3 is 5.43 Å². The molecule has 0 aromatic rings. The Kier molecular flexibility index (Phi) is 2.54. The van der Waals surface area contributed by atoms with E-state index >= 15 is 0 Å². The molecule has 2 fully saturated rings. The van der Waals surface area contributed by atoms with E-state index in [0.717, 1.165) is 24.2 Å². The van der Waals surface area contributed by atoms with Crippen molar-refractivity contribution in [2.75, 3.05) is 6.54 Å². The number of rotatable bonds is 2. The highest BCUT2D eigenvalue weighted by molar-refractivity contribution is 5.84. The van der Waals surface area contributed by atoms with Crippen LogP contribution >= 0.6 is 0 Å². The summed E-state index contributed by atoms with van der Waals surface area (Å²) in [6.07, 6.45) is 5.55. The van der Waals surface area contributed by atoms with E-state index in [-0.39, 0.29) is 0 Å². The van der Waals surface area contributed by atoms with Gasteiger partial charge in [-0.1, -0.05) is 6.42 Å². The molecule has 0 aromatic carbocycles. The maximum atomic E-state index is 5.49. The number of hydrogen-bond donors (Lipinski definition) is 2. The molecule has 3 heteroatoms. The van der Waals surface area contributed by atoms with Gasteiger partial charge in [0.1, 0.15) is 5.84 Å². The van der Waals surface area contributed by atoms with Gasteiger partial charge in [-0.3, -0.25) is 4.99 Å². The van der Waals surface area contributed by atoms with E-state index < -0.39 is 0 Å². The molecule has 0 amide bonds. The van der Waals surface area contributed by atoms with Crippen LogP contribution in [0, 0.1) is 17.8 Å². The van der Waals surface area contributed by atoms with E-state index in [2.05, 4.69) is 17.3 Å². The zero-order chi connectivity index (χ0) is 9.26. The molecule has 3 N–H and O–H groups in total. The molecule has 74 valence electrons. The molecule has 0 aliphatic heterocycles. The summed E-state index contributed by atoms with van der Waals surface area (Å²) >= 11 is 0. The molecule has 0 saturated heterocycles. The standard InChI is InChI=1S/C10H19N3/c1-2-12-10(13-11)9-6-7-3-4-8(9)5-7/h7-9H,2-6,11H2,1H3,(H,12,13). The molecule has 2 bridgehead atoms. The molecule has 0 aromatic heterocycles. The monoisotopic (exact) mass is 181 g/mol. The number of hydrazine groups is 1. The summed E-state index contributed by atoms with van der Waals surface area (Å²) in [6, 6.07) is 0. The summed E-state index contributed by atoms with van der Waals surface area (Å²) in [5.74, 6) is 9.01. The topological polar surface area (TPSA) is 50.4 Å². The summed E-state index contributed by atoms with van der Waals surface area (Å²) in [6.45, 7) is 2.90. The fraction of sp³-hybridized carbons (Fsp3) is 0.900. The molecule has 0 spiro atoms. The van der Waals surface area contributed by atoms with Crippen LogP contribution in [-0.2, 0) is 0 Å². The molecule has 2 aliphatic rings.